The number of nitrogens with zero attached hydrogens (tertiary/aromatic N) is 1. The smallest absolute Gasteiger partial charge is 0.243 e. The molecule has 30 heavy (non-hydrogen) atoms. The van der Waals surface area contributed by atoms with Crippen LogP contribution in [0.1, 0.15) is 30.5 Å². The second-order valence-corrected chi connectivity index (χ2v) is 8.81. The molecule has 0 aliphatic carbocycles. The third-order valence-corrected chi connectivity index (χ3v) is 6.51. The van der Waals surface area contributed by atoms with Gasteiger partial charge in [-0.15, -0.1) is 0 Å². The van der Waals surface area contributed by atoms with Crippen LogP contribution in [-0.2, 0) is 26.0 Å². The minimum atomic E-state index is -3.87. The first-order valence-electron chi connectivity index (χ1n) is 9.90. The van der Waals surface area contributed by atoms with Crippen molar-refractivity contribution >= 4 is 10.0 Å². The van der Waals surface area contributed by atoms with Crippen LogP contribution in [0, 0.1) is 13.8 Å². The summed E-state index contributed by atoms with van der Waals surface area (Å²) in [6.45, 7) is 8.03. The van der Waals surface area contributed by atoms with Crippen LogP contribution in [0.2, 0.25) is 0 Å². The SMILES string of the molecule is CCOC(CN(Cc1ccc(C)c(OC)c1O)S(=O)(=O)c1ccc(C)cc1)OCC. The van der Waals surface area contributed by atoms with Crippen molar-refractivity contribution in [2.24, 2.45) is 0 Å². The van der Waals surface area contributed by atoms with Gasteiger partial charge in [0.25, 0.3) is 0 Å². The average molecular weight is 438 g/mol. The van der Waals surface area contributed by atoms with Crippen LogP contribution in [-0.4, -0.2) is 51.0 Å². The van der Waals surface area contributed by atoms with E-state index in [2.05, 4.69) is 0 Å². The van der Waals surface area contributed by atoms with Gasteiger partial charge in [-0.25, -0.2) is 8.42 Å². The van der Waals surface area contributed by atoms with E-state index in [1.54, 1.807) is 36.4 Å². The maximum absolute atomic E-state index is 13.4. The summed E-state index contributed by atoms with van der Waals surface area (Å²) >= 11 is 0. The highest BCUT2D eigenvalue weighted by Crippen LogP contribution is 2.34. The van der Waals surface area contributed by atoms with Crippen molar-refractivity contribution in [3.8, 4) is 11.5 Å². The molecule has 0 aliphatic rings. The van der Waals surface area contributed by atoms with Gasteiger partial charge in [0.1, 0.15) is 0 Å². The highest BCUT2D eigenvalue weighted by Gasteiger charge is 2.29. The Morgan fingerprint density at radius 3 is 2.13 bits per heavy atom. The van der Waals surface area contributed by atoms with E-state index in [-0.39, 0.29) is 23.7 Å². The molecule has 0 fully saturated rings. The third-order valence-electron chi connectivity index (χ3n) is 4.68. The van der Waals surface area contributed by atoms with Gasteiger partial charge >= 0.3 is 0 Å². The van der Waals surface area contributed by atoms with E-state index in [0.717, 1.165) is 11.1 Å². The molecule has 2 rings (SSSR count). The maximum atomic E-state index is 13.4. The average Bonchev–Trinajstić information content (AvgIpc) is 2.70. The summed E-state index contributed by atoms with van der Waals surface area (Å²) in [5, 5.41) is 10.6. The highest BCUT2D eigenvalue weighted by molar-refractivity contribution is 7.89. The van der Waals surface area contributed by atoms with Gasteiger partial charge in [-0.3, -0.25) is 0 Å². The Kier molecular flexibility index (Phi) is 8.66. The number of benzene rings is 2. The Morgan fingerprint density at radius 2 is 1.60 bits per heavy atom. The van der Waals surface area contributed by atoms with Gasteiger partial charge in [-0.2, -0.15) is 4.31 Å². The molecule has 7 nitrogen and oxygen atoms in total. The summed E-state index contributed by atoms with van der Waals surface area (Å²) in [6.07, 6.45) is -0.727. The summed E-state index contributed by atoms with van der Waals surface area (Å²) in [5.41, 5.74) is 2.15. The predicted octanol–water partition coefficient (Wildman–Crippen LogP) is 3.61. The van der Waals surface area contributed by atoms with Crippen LogP contribution < -0.4 is 4.74 Å². The predicted molar refractivity (Wildman–Crippen MR) is 115 cm³/mol. The highest BCUT2D eigenvalue weighted by atomic mass is 32.2. The molecular weight excluding hydrogens is 406 g/mol. The van der Waals surface area contributed by atoms with Crippen LogP contribution in [0.25, 0.3) is 0 Å². The van der Waals surface area contributed by atoms with Crippen LogP contribution in [0.5, 0.6) is 11.5 Å². The first-order valence-corrected chi connectivity index (χ1v) is 11.3. The van der Waals surface area contributed by atoms with Crippen molar-refractivity contribution in [1.82, 2.24) is 4.31 Å². The largest absolute Gasteiger partial charge is 0.504 e. The zero-order chi connectivity index (χ0) is 22.3. The lowest BCUT2D eigenvalue weighted by atomic mass is 10.1. The van der Waals surface area contributed by atoms with Gasteiger partial charge in [0.05, 0.1) is 18.6 Å². The van der Waals surface area contributed by atoms with Crippen LogP contribution in [0.15, 0.2) is 41.3 Å². The first kappa shape index (κ1) is 24.1. The van der Waals surface area contributed by atoms with Crippen molar-refractivity contribution < 1.29 is 27.7 Å². The Bertz CT molecular complexity index is 921. The number of phenolic OH excluding ortho intramolecular Hbond substituents is 1. The lowest BCUT2D eigenvalue weighted by molar-refractivity contribution is -0.141. The molecule has 1 N–H and O–H groups in total. The second kappa shape index (κ2) is 10.8. The molecule has 166 valence electrons. The van der Waals surface area contributed by atoms with E-state index in [1.165, 1.54) is 11.4 Å². The topological polar surface area (TPSA) is 85.3 Å². The quantitative estimate of drug-likeness (QED) is 0.541. The Labute approximate surface area is 179 Å². The van der Waals surface area contributed by atoms with Gasteiger partial charge in [0.15, 0.2) is 17.8 Å². The number of methoxy groups -OCH3 is 1. The van der Waals surface area contributed by atoms with Crippen LogP contribution in [0.4, 0.5) is 0 Å². The monoisotopic (exact) mass is 437 g/mol. The number of ether oxygens (including phenoxy) is 3. The molecule has 0 spiro atoms. The van der Waals surface area contributed by atoms with E-state index in [1.807, 2.05) is 27.7 Å². The second-order valence-electron chi connectivity index (χ2n) is 6.87. The molecule has 0 saturated heterocycles. The van der Waals surface area contributed by atoms with Crippen LogP contribution >= 0.6 is 0 Å². The fourth-order valence-corrected chi connectivity index (χ4v) is 4.49. The molecule has 0 heterocycles. The molecule has 2 aromatic rings. The number of hydrogen-bond donors (Lipinski definition) is 1. The first-order chi connectivity index (χ1) is 14.2. The van der Waals surface area contributed by atoms with Crippen molar-refractivity contribution in [2.45, 2.75) is 45.4 Å². The summed E-state index contributed by atoms with van der Waals surface area (Å²) in [4.78, 5) is 0.165. The zero-order valence-electron chi connectivity index (χ0n) is 18.2. The molecule has 2 aromatic carbocycles. The van der Waals surface area contributed by atoms with E-state index >= 15 is 0 Å². The van der Waals surface area contributed by atoms with E-state index in [4.69, 9.17) is 14.2 Å². The zero-order valence-corrected chi connectivity index (χ0v) is 19.0. The molecule has 0 atom stereocenters. The summed E-state index contributed by atoms with van der Waals surface area (Å²) in [7, 11) is -2.41. The number of aromatic hydroxyl groups is 1. The number of rotatable bonds is 11. The fourth-order valence-electron chi connectivity index (χ4n) is 3.09. The van der Waals surface area contributed by atoms with Gasteiger partial charge in [0, 0.05) is 25.3 Å². The summed E-state index contributed by atoms with van der Waals surface area (Å²) in [5.74, 6) is 0.248. The Balaban J connectivity index is 2.47. The van der Waals surface area contributed by atoms with Crippen molar-refractivity contribution in [1.29, 1.82) is 0 Å². The van der Waals surface area contributed by atoms with Gasteiger partial charge < -0.3 is 19.3 Å². The third kappa shape index (κ3) is 5.72. The molecule has 0 bridgehead atoms. The maximum Gasteiger partial charge on any atom is 0.243 e. The summed E-state index contributed by atoms with van der Waals surface area (Å²) in [6, 6.07) is 10.1. The lowest BCUT2D eigenvalue weighted by Crippen LogP contribution is -2.39. The summed E-state index contributed by atoms with van der Waals surface area (Å²) < 4.78 is 44.5. The Hall–Kier alpha value is -2.13. The molecule has 0 amide bonds. The molecule has 0 radical (unpaired) electrons. The van der Waals surface area contributed by atoms with E-state index in [0.29, 0.717) is 24.5 Å². The Morgan fingerprint density at radius 1 is 1.00 bits per heavy atom. The minimum absolute atomic E-state index is 0.0203. The van der Waals surface area contributed by atoms with Gasteiger partial charge in [-0.1, -0.05) is 29.8 Å². The number of aryl methyl sites for hydroxylation is 2. The lowest BCUT2D eigenvalue weighted by Gasteiger charge is -2.27. The molecule has 0 aromatic heterocycles. The van der Waals surface area contributed by atoms with E-state index in [9.17, 15) is 13.5 Å². The fraction of sp³-hybridized carbons (Fsp3) is 0.455. The van der Waals surface area contributed by atoms with Crippen molar-refractivity contribution in [3.05, 3.63) is 53.1 Å². The van der Waals surface area contributed by atoms with Crippen molar-refractivity contribution in [2.75, 3.05) is 26.9 Å². The molecule has 8 heteroatoms. The van der Waals surface area contributed by atoms with Crippen molar-refractivity contribution in [3.63, 3.8) is 0 Å². The van der Waals surface area contributed by atoms with Crippen LogP contribution in [0.3, 0.4) is 0 Å². The minimum Gasteiger partial charge on any atom is -0.504 e. The normalized spacial score (nSPS) is 12.0. The number of phenols is 1. The number of sulfonamides is 1. The number of hydrogen-bond acceptors (Lipinski definition) is 6. The standard InChI is InChI=1S/C22H31NO6S/c1-6-28-20(29-7-2)15-23(30(25,26)19-12-8-16(3)9-13-19)14-18-11-10-17(4)22(27-5)21(18)24/h8-13,20,24H,6-7,14-15H2,1-5H3. The molecule has 0 aliphatic heterocycles. The van der Waals surface area contributed by atoms with E-state index < -0.39 is 16.3 Å². The van der Waals surface area contributed by atoms with Gasteiger partial charge in [-0.05, 0) is 45.4 Å². The molecular formula is C22H31NO6S. The molecule has 0 saturated carbocycles. The van der Waals surface area contributed by atoms with Gasteiger partial charge in [0.2, 0.25) is 10.0 Å². The molecule has 0 unspecified atom stereocenters.